The van der Waals surface area contributed by atoms with E-state index in [0.717, 1.165) is 6.20 Å². The Labute approximate surface area is 58.9 Å². The van der Waals surface area contributed by atoms with Crippen molar-refractivity contribution in [2.45, 2.75) is 6.90 Å². The van der Waals surface area contributed by atoms with Crippen LogP contribution in [0.3, 0.4) is 0 Å². The average molecular weight is 147 g/mol. The Balaban J connectivity index is 3.09. The fourth-order valence-corrected chi connectivity index (χ4v) is 0.632. The molecular weight excluding hydrogens is 141 g/mol. The number of nitrogens with zero attached hydrogens (tertiary/aromatic N) is 1. The summed E-state index contributed by atoms with van der Waals surface area (Å²) in [5.74, 6) is -0.473. The van der Waals surface area contributed by atoms with Crippen LogP contribution in [0, 0.1) is 12.7 Å². The van der Waals surface area contributed by atoms with Crippen molar-refractivity contribution in [3.05, 3.63) is 28.8 Å². The third-order valence-electron chi connectivity index (χ3n) is 0.901. The smallest absolute Gasteiger partial charge is 0.144 e. The molecule has 48 valence electrons. The second-order valence-corrected chi connectivity index (χ2v) is 1.99. The molecule has 1 heterocycles. The quantitative estimate of drug-likeness (QED) is 0.512. The van der Waals surface area contributed by atoms with Gasteiger partial charge in [-0.2, -0.15) is 0 Å². The Morgan fingerprint density at radius 1 is 1.89 bits per heavy atom. The molecule has 0 aliphatic heterocycles. The van der Waals surface area contributed by atoms with Gasteiger partial charge in [-0.25, -0.2) is 9.37 Å². The first-order chi connectivity index (χ1) is 4.74. The van der Waals surface area contributed by atoms with Gasteiger partial charge in [0.25, 0.3) is 0 Å². The van der Waals surface area contributed by atoms with Gasteiger partial charge in [0.1, 0.15) is 11.0 Å². The molecule has 0 unspecified atom stereocenters. The molecule has 0 aromatic carbocycles. The Kier molecular flexibility index (Phi) is 1.33. The molecular formula is C6H5ClFN. The van der Waals surface area contributed by atoms with Crippen molar-refractivity contribution in [3.63, 3.8) is 0 Å². The summed E-state index contributed by atoms with van der Waals surface area (Å²) >= 11 is 5.43. The maximum absolute atomic E-state index is 12.5. The maximum atomic E-state index is 12.5. The summed E-state index contributed by atoms with van der Waals surface area (Å²) in [6, 6.07) is 1.35. The van der Waals surface area contributed by atoms with Crippen molar-refractivity contribution in [2.75, 3.05) is 0 Å². The van der Waals surface area contributed by atoms with E-state index in [1.807, 2.05) is 0 Å². The van der Waals surface area contributed by atoms with Crippen molar-refractivity contribution in [2.24, 2.45) is 0 Å². The van der Waals surface area contributed by atoms with Gasteiger partial charge in [0.05, 0.1) is 6.20 Å². The summed E-state index contributed by atoms with van der Waals surface area (Å²) in [5, 5.41) is 0.226. The zero-order valence-electron chi connectivity index (χ0n) is 5.56. The molecule has 1 aromatic heterocycles. The Bertz CT molecular complexity index is 241. The van der Waals surface area contributed by atoms with Crippen LogP contribution in [0.1, 0.15) is 6.93 Å². The third-order valence-corrected chi connectivity index (χ3v) is 1.11. The van der Waals surface area contributed by atoms with Crippen LogP contribution < -0.4 is 0 Å². The Morgan fingerprint density at radius 2 is 2.67 bits per heavy atom. The Morgan fingerprint density at radius 3 is 3.22 bits per heavy atom. The number of aryl methyl sites for hydroxylation is 1. The zero-order valence-corrected chi connectivity index (χ0v) is 5.32. The lowest BCUT2D eigenvalue weighted by molar-refractivity contribution is 0.612. The second-order valence-electron chi connectivity index (χ2n) is 1.60. The predicted molar refractivity (Wildman–Crippen MR) is 33.9 cm³/mol. The second kappa shape index (κ2) is 2.31. The minimum absolute atomic E-state index is 0.103. The lowest BCUT2D eigenvalue weighted by Crippen LogP contribution is -1.83. The van der Waals surface area contributed by atoms with Crippen molar-refractivity contribution < 1.29 is 5.76 Å². The number of pyridine rings is 1. The number of hydrogen-bond donors (Lipinski definition) is 0. The van der Waals surface area contributed by atoms with Gasteiger partial charge in [-0.3, -0.25) is 0 Å². The highest BCUT2D eigenvalue weighted by Gasteiger charge is 1.95. The van der Waals surface area contributed by atoms with Crippen molar-refractivity contribution >= 4 is 11.6 Å². The summed E-state index contributed by atoms with van der Waals surface area (Å²) in [6.45, 7) is -0.103. The first-order valence-corrected chi connectivity index (χ1v) is 2.71. The molecule has 0 aliphatic rings. The van der Waals surface area contributed by atoms with E-state index in [0.29, 0.717) is 0 Å². The molecule has 0 atom stereocenters. The molecule has 0 N–H and O–H groups in total. The molecule has 1 nitrogen and oxygen atoms in total. The minimum Gasteiger partial charge on any atom is -0.242 e. The van der Waals surface area contributed by atoms with Crippen LogP contribution in [0.25, 0.3) is 0 Å². The van der Waals surface area contributed by atoms with Crippen LogP contribution in [-0.4, -0.2) is 4.98 Å². The lowest BCUT2D eigenvalue weighted by atomic mass is 10.3. The zero-order chi connectivity index (χ0) is 7.56. The average Bonchev–Trinajstić information content (AvgIpc) is 1.94. The number of aromatic nitrogens is 1. The van der Waals surface area contributed by atoms with Gasteiger partial charge in [0.2, 0.25) is 0 Å². The van der Waals surface area contributed by atoms with E-state index in [9.17, 15) is 4.39 Å². The van der Waals surface area contributed by atoms with E-state index in [2.05, 4.69) is 4.98 Å². The summed E-state index contributed by atoms with van der Waals surface area (Å²) in [5.41, 5.74) is 0.278. The molecule has 0 fully saturated rings. The monoisotopic (exact) mass is 146 g/mol. The molecule has 0 amide bonds. The third kappa shape index (κ3) is 1.39. The summed E-state index contributed by atoms with van der Waals surface area (Å²) in [6.07, 6.45) is 1.02. The van der Waals surface area contributed by atoms with Crippen LogP contribution in [0.15, 0.2) is 12.3 Å². The number of hydrogen-bond acceptors (Lipinski definition) is 1. The molecule has 3 heteroatoms. The van der Waals surface area contributed by atoms with E-state index in [1.54, 1.807) is 0 Å². The normalized spacial score (nSPS) is 11.1. The molecule has 1 aromatic rings. The van der Waals surface area contributed by atoms with E-state index < -0.39 is 5.82 Å². The van der Waals surface area contributed by atoms with E-state index in [1.165, 1.54) is 6.07 Å². The van der Waals surface area contributed by atoms with Gasteiger partial charge >= 0.3 is 0 Å². The van der Waals surface area contributed by atoms with E-state index in [4.69, 9.17) is 13.0 Å². The molecule has 0 saturated heterocycles. The highest BCUT2D eigenvalue weighted by Crippen LogP contribution is 2.09. The van der Waals surface area contributed by atoms with Crippen LogP contribution in [-0.2, 0) is 0 Å². The van der Waals surface area contributed by atoms with E-state index in [-0.39, 0.29) is 17.6 Å². The van der Waals surface area contributed by atoms with Crippen molar-refractivity contribution in [1.29, 1.82) is 0 Å². The predicted octanol–water partition coefficient (Wildman–Crippen LogP) is 2.18. The van der Waals surface area contributed by atoms with Crippen molar-refractivity contribution in [3.8, 4) is 0 Å². The summed E-state index contributed by atoms with van der Waals surface area (Å²) in [4.78, 5) is 3.49. The Hall–Kier alpha value is -0.630. The molecule has 0 radical (unpaired) electrons. The first-order valence-electron chi connectivity index (χ1n) is 3.04. The van der Waals surface area contributed by atoms with Crippen LogP contribution in [0.2, 0.25) is 5.15 Å². The van der Waals surface area contributed by atoms with Crippen LogP contribution in [0.4, 0.5) is 4.39 Å². The van der Waals surface area contributed by atoms with Crippen LogP contribution in [0.5, 0.6) is 0 Å². The topological polar surface area (TPSA) is 12.9 Å². The fourth-order valence-electron chi connectivity index (χ4n) is 0.451. The minimum atomic E-state index is -0.473. The van der Waals surface area contributed by atoms with Gasteiger partial charge in [-0.15, -0.1) is 0 Å². The molecule has 0 bridgehead atoms. The van der Waals surface area contributed by atoms with Crippen molar-refractivity contribution in [1.82, 2.24) is 4.98 Å². The van der Waals surface area contributed by atoms with Gasteiger partial charge < -0.3 is 0 Å². The van der Waals surface area contributed by atoms with Crippen LogP contribution >= 0.6 is 11.6 Å². The van der Waals surface area contributed by atoms with Gasteiger partial charge in [0.15, 0.2) is 0 Å². The number of halogens is 2. The molecule has 0 spiro atoms. The van der Waals surface area contributed by atoms with Gasteiger partial charge in [-0.05, 0) is 18.5 Å². The fraction of sp³-hybridized carbons (Fsp3) is 0.167. The SMILES string of the molecule is [2H]Cc1cc(Cl)ncc1F. The van der Waals surface area contributed by atoms with E-state index >= 15 is 0 Å². The standard InChI is InChI=1S/C6H5ClFN/c1-4-2-6(7)9-3-5(4)8/h2-3H,1H3/i1D. The lowest BCUT2D eigenvalue weighted by Gasteiger charge is -1.92. The molecule has 0 aliphatic carbocycles. The summed E-state index contributed by atoms with van der Waals surface area (Å²) < 4.78 is 19.4. The highest BCUT2D eigenvalue weighted by molar-refractivity contribution is 6.29. The molecule has 9 heavy (non-hydrogen) atoms. The summed E-state index contributed by atoms with van der Waals surface area (Å²) in [7, 11) is 0. The first kappa shape index (κ1) is 5.18. The molecule has 1 rings (SSSR count). The number of rotatable bonds is 0. The highest BCUT2D eigenvalue weighted by atomic mass is 35.5. The van der Waals surface area contributed by atoms with Gasteiger partial charge in [-0.1, -0.05) is 11.6 Å². The largest absolute Gasteiger partial charge is 0.242 e. The van der Waals surface area contributed by atoms with Gasteiger partial charge in [0, 0.05) is 1.37 Å². The molecule has 0 saturated carbocycles. The maximum Gasteiger partial charge on any atom is 0.144 e.